The quantitative estimate of drug-likeness (QED) is 0.381. The van der Waals surface area contributed by atoms with Gasteiger partial charge in [-0.3, -0.25) is 9.88 Å². The summed E-state index contributed by atoms with van der Waals surface area (Å²) in [5, 5.41) is 2.04. The molecule has 1 saturated heterocycles. The first-order valence-corrected chi connectivity index (χ1v) is 11.2. The van der Waals surface area contributed by atoms with Gasteiger partial charge in [0.05, 0.1) is 22.4 Å². The average molecular weight is 512 g/mol. The van der Waals surface area contributed by atoms with E-state index in [0.717, 1.165) is 47.1 Å². The zero-order valence-corrected chi connectivity index (χ0v) is 19.4. The molecule has 2 aromatic carbocycles. The lowest BCUT2D eigenvalue weighted by Gasteiger charge is -2.43. The van der Waals surface area contributed by atoms with Crippen molar-refractivity contribution in [3.05, 3.63) is 91.6 Å². The van der Waals surface area contributed by atoms with E-state index in [1.807, 2.05) is 36.5 Å². The molecule has 1 aliphatic rings. The van der Waals surface area contributed by atoms with Crippen LogP contribution in [0.15, 0.2) is 65.3 Å². The van der Waals surface area contributed by atoms with E-state index in [1.165, 1.54) is 5.56 Å². The molecule has 1 aliphatic heterocycles. The Kier molecular flexibility index (Phi) is 6.67. The highest BCUT2D eigenvalue weighted by atomic mass is 79.9. The molecule has 4 rings (SSSR count). The number of hydrogen-bond donors (Lipinski definition) is 0. The molecule has 0 spiro atoms. The summed E-state index contributed by atoms with van der Waals surface area (Å²) in [6, 6.07) is 18.0. The fourth-order valence-electron chi connectivity index (χ4n) is 3.68. The van der Waals surface area contributed by atoms with E-state index in [2.05, 4.69) is 48.9 Å². The van der Waals surface area contributed by atoms with Crippen molar-refractivity contribution in [2.45, 2.75) is 12.6 Å². The Hall–Kier alpha value is -1.30. The molecule has 1 atom stereocenters. The van der Waals surface area contributed by atoms with Crippen LogP contribution in [0.3, 0.4) is 0 Å². The minimum atomic E-state index is 0.148. The second-order valence-electron chi connectivity index (χ2n) is 7.06. The normalized spacial score (nSPS) is 17.5. The number of pyridine rings is 1. The van der Waals surface area contributed by atoms with E-state index in [0.29, 0.717) is 10.0 Å². The number of nitrogens with zero attached hydrogens (tertiary/aromatic N) is 3. The highest BCUT2D eigenvalue weighted by molar-refractivity contribution is 9.10. The molecule has 3 aromatic rings. The molecule has 0 amide bonds. The number of benzene rings is 2. The largest absolute Gasteiger partial charge is 0.361 e. The molecule has 1 fully saturated rings. The summed E-state index contributed by atoms with van der Waals surface area (Å²) in [5.41, 5.74) is 3.26. The Morgan fingerprint density at radius 3 is 2.38 bits per heavy atom. The minimum absolute atomic E-state index is 0.148. The van der Waals surface area contributed by atoms with Gasteiger partial charge >= 0.3 is 0 Å². The number of anilines is 1. The van der Waals surface area contributed by atoms with Gasteiger partial charge in [-0.2, -0.15) is 0 Å². The summed E-state index contributed by atoms with van der Waals surface area (Å²) >= 11 is 22.2. The van der Waals surface area contributed by atoms with E-state index < -0.39 is 0 Å². The van der Waals surface area contributed by atoms with Crippen molar-refractivity contribution in [1.82, 2.24) is 9.88 Å². The third-order valence-corrected chi connectivity index (χ3v) is 6.37. The number of rotatable bonds is 4. The Bertz CT molecular complexity index is 980. The molecule has 0 N–H and O–H groups in total. The lowest BCUT2D eigenvalue weighted by molar-refractivity contribution is 0.213. The molecule has 2 heterocycles. The van der Waals surface area contributed by atoms with E-state index >= 15 is 0 Å². The van der Waals surface area contributed by atoms with Gasteiger partial charge in [0.1, 0.15) is 0 Å². The van der Waals surface area contributed by atoms with Crippen molar-refractivity contribution in [3.63, 3.8) is 0 Å². The van der Waals surface area contributed by atoms with Crippen LogP contribution in [-0.4, -0.2) is 29.5 Å². The number of hydrogen-bond acceptors (Lipinski definition) is 3. The highest BCUT2D eigenvalue weighted by Gasteiger charge is 2.30. The lowest BCUT2D eigenvalue weighted by Crippen LogP contribution is -2.48. The predicted molar refractivity (Wildman–Crippen MR) is 125 cm³/mol. The van der Waals surface area contributed by atoms with Crippen LogP contribution in [0.2, 0.25) is 15.1 Å². The van der Waals surface area contributed by atoms with E-state index in [4.69, 9.17) is 34.8 Å². The van der Waals surface area contributed by atoms with Gasteiger partial charge in [-0.05, 0) is 64.0 Å². The standard InChI is InChI=1S/C22H19BrCl3N3/c23-16-3-7-19(27-12-16)13-28-9-10-29(21-8-6-18(25)11-20(21)26)22(14-28)15-1-4-17(24)5-2-15/h1-8,11-12,22H,9-10,13-14H2. The van der Waals surface area contributed by atoms with Gasteiger partial charge in [0.25, 0.3) is 0 Å². The maximum absolute atomic E-state index is 6.55. The van der Waals surface area contributed by atoms with Crippen LogP contribution in [0.5, 0.6) is 0 Å². The van der Waals surface area contributed by atoms with Crippen LogP contribution in [0.1, 0.15) is 17.3 Å². The predicted octanol–water partition coefficient (Wildman–Crippen LogP) is 6.87. The van der Waals surface area contributed by atoms with Crippen LogP contribution in [0, 0.1) is 0 Å². The highest BCUT2D eigenvalue weighted by Crippen LogP contribution is 2.37. The van der Waals surface area contributed by atoms with Gasteiger partial charge in [0.2, 0.25) is 0 Å². The van der Waals surface area contributed by atoms with Gasteiger partial charge in [0, 0.05) is 46.9 Å². The molecule has 150 valence electrons. The van der Waals surface area contributed by atoms with E-state index in [1.54, 1.807) is 6.07 Å². The number of halogens is 4. The third-order valence-electron chi connectivity index (χ3n) is 5.11. The second-order valence-corrected chi connectivity index (χ2v) is 9.26. The zero-order valence-electron chi connectivity index (χ0n) is 15.5. The van der Waals surface area contributed by atoms with Crippen molar-refractivity contribution in [1.29, 1.82) is 0 Å². The topological polar surface area (TPSA) is 19.4 Å². The summed E-state index contributed by atoms with van der Waals surface area (Å²) in [5.74, 6) is 0. The molecule has 0 radical (unpaired) electrons. The van der Waals surface area contributed by atoms with Crippen LogP contribution >= 0.6 is 50.7 Å². The fraction of sp³-hybridized carbons (Fsp3) is 0.227. The van der Waals surface area contributed by atoms with Crippen molar-refractivity contribution in [3.8, 4) is 0 Å². The maximum Gasteiger partial charge on any atom is 0.0670 e. The summed E-state index contributed by atoms with van der Waals surface area (Å²) in [6.07, 6.45) is 1.84. The molecule has 29 heavy (non-hydrogen) atoms. The molecule has 3 nitrogen and oxygen atoms in total. The summed E-state index contributed by atoms with van der Waals surface area (Å²) in [6.45, 7) is 3.43. The molecule has 0 bridgehead atoms. The Morgan fingerprint density at radius 1 is 0.931 bits per heavy atom. The molecule has 1 aromatic heterocycles. The SMILES string of the molecule is Clc1ccc(C2CN(Cc3ccc(Br)cn3)CCN2c2ccc(Cl)cc2Cl)cc1. The van der Waals surface area contributed by atoms with E-state index in [9.17, 15) is 0 Å². The maximum atomic E-state index is 6.55. The third kappa shape index (κ3) is 5.07. The van der Waals surface area contributed by atoms with Gasteiger partial charge < -0.3 is 4.90 Å². The molecule has 1 unspecified atom stereocenters. The van der Waals surface area contributed by atoms with Crippen molar-refractivity contribution in [2.24, 2.45) is 0 Å². The minimum Gasteiger partial charge on any atom is -0.361 e. The molecule has 7 heteroatoms. The average Bonchev–Trinajstić information content (AvgIpc) is 2.71. The molecule has 0 aliphatic carbocycles. The second kappa shape index (κ2) is 9.23. The summed E-state index contributed by atoms with van der Waals surface area (Å²) in [7, 11) is 0. The first-order chi connectivity index (χ1) is 14.0. The van der Waals surface area contributed by atoms with Crippen LogP contribution in [0.4, 0.5) is 5.69 Å². The van der Waals surface area contributed by atoms with Crippen molar-refractivity contribution in [2.75, 3.05) is 24.5 Å². The molecular weight excluding hydrogens is 493 g/mol. The first kappa shape index (κ1) is 21.0. The lowest BCUT2D eigenvalue weighted by atomic mass is 10.0. The molecule has 0 saturated carbocycles. The Balaban J connectivity index is 1.62. The summed E-state index contributed by atoms with van der Waals surface area (Å²) in [4.78, 5) is 9.31. The number of piperazine rings is 1. The van der Waals surface area contributed by atoms with E-state index in [-0.39, 0.29) is 6.04 Å². The van der Waals surface area contributed by atoms with Gasteiger partial charge in [-0.25, -0.2) is 0 Å². The zero-order chi connectivity index (χ0) is 20.4. The molecular formula is C22H19BrCl3N3. The van der Waals surface area contributed by atoms with Crippen LogP contribution in [0.25, 0.3) is 0 Å². The van der Waals surface area contributed by atoms with Gasteiger partial charge in [0.15, 0.2) is 0 Å². The van der Waals surface area contributed by atoms with Crippen molar-refractivity contribution < 1.29 is 0 Å². The summed E-state index contributed by atoms with van der Waals surface area (Å²) < 4.78 is 0.988. The first-order valence-electron chi connectivity index (χ1n) is 9.29. The Morgan fingerprint density at radius 2 is 1.69 bits per heavy atom. The van der Waals surface area contributed by atoms with Gasteiger partial charge in [-0.15, -0.1) is 0 Å². The van der Waals surface area contributed by atoms with Gasteiger partial charge in [-0.1, -0.05) is 46.9 Å². The monoisotopic (exact) mass is 509 g/mol. The van der Waals surface area contributed by atoms with Crippen LogP contribution in [-0.2, 0) is 6.54 Å². The Labute approximate surface area is 194 Å². The smallest absolute Gasteiger partial charge is 0.0670 e. The fourth-order valence-corrected chi connectivity index (χ4v) is 4.56. The van der Waals surface area contributed by atoms with Crippen LogP contribution < -0.4 is 4.90 Å². The van der Waals surface area contributed by atoms with Crippen molar-refractivity contribution >= 4 is 56.4 Å². The number of aromatic nitrogens is 1.